The molecule has 0 fully saturated rings. The first kappa shape index (κ1) is 17.7. The van der Waals surface area contributed by atoms with Crippen molar-refractivity contribution >= 4 is 17.8 Å². The lowest BCUT2D eigenvalue weighted by molar-refractivity contribution is -0.142. The van der Waals surface area contributed by atoms with Crippen LogP contribution in [0.15, 0.2) is 18.2 Å². The van der Waals surface area contributed by atoms with E-state index in [0.29, 0.717) is 5.56 Å². The number of carboxylic acids is 1. The molecule has 0 spiro atoms. The van der Waals surface area contributed by atoms with Crippen LogP contribution in [0, 0.1) is 19.8 Å². The van der Waals surface area contributed by atoms with Crippen molar-refractivity contribution in [2.45, 2.75) is 33.7 Å². The van der Waals surface area contributed by atoms with Crippen LogP contribution in [0.1, 0.15) is 35.3 Å². The molecule has 0 radical (unpaired) electrons. The molecule has 1 unspecified atom stereocenters. The minimum Gasteiger partial charge on any atom is -0.480 e. The van der Waals surface area contributed by atoms with E-state index < -0.39 is 17.9 Å². The summed E-state index contributed by atoms with van der Waals surface area (Å²) in [5, 5.41) is 13.9. The molecule has 0 bridgehead atoms. The maximum absolute atomic E-state index is 12.0. The van der Waals surface area contributed by atoms with Crippen LogP contribution in [-0.4, -0.2) is 35.5 Å². The van der Waals surface area contributed by atoms with E-state index in [2.05, 4.69) is 10.6 Å². The second kappa shape index (κ2) is 7.59. The number of nitrogens with one attached hydrogen (secondary N) is 2. The van der Waals surface area contributed by atoms with Crippen LogP contribution in [0.4, 0.5) is 0 Å². The van der Waals surface area contributed by atoms with Gasteiger partial charge in [-0.15, -0.1) is 0 Å². The first-order valence-corrected chi connectivity index (χ1v) is 7.10. The number of amides is 2. The molecule has 120 valence electrons. The molecule has 0 aromatic heterocycles. The fraction of sp³-hybridized carbons (Fsp3) is 0.438. The molecular weight excluding hydrogens is 284 g/mol. The van der Waals surface area contributed by atoms with Crippen molar-refractivity contribution in [2.75, 3.05) is 6.54 Å². The molecule has 6 heteroatoms. The lowest BCUT2D eigenvalue weighted by Crippen LogP contribution is -2.48. The zero-order valence-corrected chi connectivity index (χ0v) is 13.3. The number of carboxylic acid groups (broad SMARTS) is 1. The number of aliphatic carboxylic acids is 1. The summed E-state index contributed by atoms with van der Waals surface area (Å²) in [6.07, 6.45) is 0. The van der Waals surface area contributed by atoms with E-state index in [-0.39, 0.29) is 18.4 Å². The van der Waals surface area contributed by atoms with Gasteiger partial charge in [-0.1, -0.05) is 19.9 Å². The van der Waals surface area contributed by atoms with Crippen LogP contribution in [-0.2, 0) is 9.59 Å². The predicted octanol–water partition coefficient (Wildman–Crippen LogP) is 1.26. The molecule has 1 aromatic carbocycles. The first-order chi connectivity index (χ1) is 10.2. The van der Waals surface area contributed by atoms with Gasteiger partial charge in [-0.25, -0.2) is 4.79 Å². The predicted molar refractivity (Wildman–Crippen MR) is 82.7 cm³/mol. The molecule has 0 heterocycles. The van der Waals surface area contributed by atoms with Crippen LogP contribution >= 0.6 is 0 Å². The van der Waals surface area contributed by atoms with Crippen LogP contribution < -0.4 is 10.6 Å². The number of carbonyl (C=O) groups is 3. The summed E-state index contributed by atoms with van der Waals surface area (Å²) >= 11 is 0. The third-order valence-corrected chi connectivity index (χ3v) is 3.43. The van der Waals surface area contributed by atoms with Crippen LogP contribution in [0.2, 0.25) is 0 Å². The smallest absolute Gasteiger partial charge is 0.326 e. The quantitative estimate of drug-likeness (QED) is 0.737. The summed E-state index contributed by atoms with van der Waals surface area (Å²) in [7, 11) is 0. The van der Waals surface area contributed by atoms with E-state index in [1.54, 1.807) is 26.0 Å². The van der Waals surface area contributed by atoms with Gasteiger partial charge >= 0.3 is 5.97 Å². The number of rotatable bonds is 6. The summed E-state index contributed by atoms with van der Waals surface area (Å²) in [5.74, 6) is -2.23. The number of benzene rings is 1. The fourth-order valence-corrected chi connectivity index (χ4v) is 1.88. The standard InChI is InChI=1S/C16H22N2O4/c1-9(2)14(16(21)22)18-13(19)8-17-15(20)12-6-5-10(3)11(4)7-12/h5-7,9,14H,8H2,1-4H3,(H,17,20)(H,18,19)(H,21,22). The molecule has 1 rings (SSSR count). The average molecular weight is 306 g/mol. The number of hydrogen-bond donors (Lipinski definition) is 3. The summed E-state index contributed by atoms with van der Waals surface area (Å²) in [5.41, 5.74) is 2.54. The van der Waals surface area contributed by atoms with E-state index >= 15 is 0 Å². The van der Waals surface area contributed by atoms with E-state index in [4.69, 9.17) is 5.11 Å². The number of aryl methyl sites for hydroxylation is 2. The highest BCUT2D eigenvalue weighted by Crippen LogP contribution is 2.09. The Morgan fingerprint density at radius 1 is 1.14 bits per heavy atom. The van der Waals surface area contributed by atoms with Crippen molar-refractivity contribution in [2.24, 2.45) is 5.92 Å². The third-order valence-electron chi connectivity index (χ3n) is 3.43. The van der Waals surface area contributed by atoms with Crippen molar-refractivity contribution in [3.63, 3.8) is 0 Å². The molecule has 3 N–H and O–H groups in total. The Hall–Kier alpha value is -2.37. The molecule has 22 heavy (non-hydrogen) atoms. The van der Waals surface area contributed by atoms with Gasteiger partial charge in [0.1, 0.15) is 6.04 Å². The fourth-order valence-electron chi connectivity index (χ4n) is 1.88. The number of carbonyl (C=O) groups excluding carboxylic acids is 2. The van der Waals surface area contributed by atoms with Crippen molar-refractivity contribution in [3.8, 4) is 0 Å². The second-order valence-corrected chi connectivity index (χ2v) is 5.61. The van der Waals surface area contributed by atoms with Crippen LogP contribution in [0.25, 0.3) is 0 Å². The summed E-state index contributed by atoms with van der Waals surface area (Å²) < 4.78 is 0. The summed E-state index contributed by atoms with van der Waals surface area (Å²) in [6, 6.07) is 4.30. The van der Waals surface area contributed by atoms with Crippen LogP contribution in [0.3, 0.4) is 0 Å². The van der Waals surface area contributed by atoms with Gasteiger partial charge in [0.2, 0.25) is 5.91 Å². The summed E-state index contributed by atoms with van der Waals surface area (Å²) in [6.45, 7) is 6.99. The third kappa shape index (κ3) is 4.87. The lowest BCUT2D eigenvalue weighted by atomic mass is 10.0. The van der Waals surface area contributed by atoms with Crippen molar-refractivity contribution in [1.82, 2.24) is 10.6 Å². The van der Waals surface area contributed by atoms with Crippen molar-refractivity contribution < 1.29 is 19.5 Å². The summed E-state index contributed by atoms with van der Waals surface area (Å²) in [4.78, 5) is 34.7. The normalized spacial score (nSPS) is 11.9. The topological polar surface area (TPSA) is 95.5 Å². The molecular formula is C16H22N2O4. The molecule has 0 aliphatic heterocycles. The molecule has 0 aliphatic rings. The SMILES string of the molecule is Cc1ccc(C(=O)NCC(=O)NC(C(=O)O)C(C)C)cc1C. The Morgan fingerprint density at radius 3 is 2.27 bits per heavy atom. The Labute approximate surface area is 129 Å². The molecule has 1 atom stereocenters. The van der Waals surface area contributed by atoms with Gasteiger partial charge < -0.3 is 15.7 Å². The Balaban J connectivity index is 2.58. The maximum Gasteiger partial charge on any atom is 0.326 e. The Morgan fingerprint density at radius 2 is 1.77 bits per heavy atom. The highest BCUT2D eigenvalue weighted by molar-refractivity contribution is 5.97. The van der Waals surface area contributed by atoms with Crippen molar-refractivity contribution in [1.29, 1.82) is 0 Å². The number of hydrogen-bond acceptors (Lipinski definition) is 3. The Bertz CT molecular complexity index is 582. The van der Waals surface area contributed by atoms with Gasteiger partial charge in [0.05, 0.1) is 6.54 Å². The monoisotopic (exact) mass is 306 g/mol. The van der Waals surface area contributed by atoms with Crippen LogP contribution in [0.5, 0.6) is 0 Å². The highest BCUT2D eigenvalue weighted by atomic mass is 16.4. The molecule has 6 nitrogen and oxygen atoms in total. The molecule has 0 aliphatic carbocycles. The molecule has 2 amide bonds. The van der Waals surface area contributed by atoms with E-state index in [1.165, 1.54) is 0 Å². The highest BCUT2D eigenvalue weighted by Gasteiger charge is 2.23. The maximum atomic E-state index is 12.0. The molecule has 0 saturated carbocycles. The molecule has 0 saturated heterocycles. The minimum atomic E-state index is -1.09. The van der Waals surface area contributed by atoms with Gasteiger partial charge in [0.15, 0.2) is 0 Å². The minimum absolute atomic E-state index is 0.239. The largest absolute Gasteiger partial charge is 0.480 e. The lowest BCUT2D eigenvalue weighted by Gasteiger charge is -2.18. The van der Waals surface area contributed by atoms with Gasteiger partial charge in [-0.3, -0.25) is 9.59 Å². The Kier molecular flexibility index (Phi) is 6.10. The second-order valence-electron chi connectivity index (χ2n) is 5.61. The average Bonchev–Trinajstić information content (AvgIpc) is 2.44. The van der Waals surface area contributed by atoms with Gasteiger partial charge in [-0.05, 0) is 43.0 Å². The van der Waals surface area contributed by atoms with E-state index in [1.807, 2.05) is 19.9 Å². The van der Waals surface area contributed by atoms with Gasteiger partial charge in [0.25, 0.3) is 5.91 Å². The van der Waals surface area contributed by atoms with E-state index in [9.17, 15) is 14.4 Å². The van der Waals surface area contributed by atoms with E-state index in [0.717, 1.165) is 11.1 Å². The zero-order chi connectivity index (χ0) is 16.9. The first-order valence-electron chi connectivity index (χ1n) is 7.10. The van der Waals surface area contributed by atoms with Gasteiger partial charge in [-0.2, -0.15) is 0 Å². The zero-order valence-electron chi connectivity index (χ0n) is 13.3. The van der Waals surface area contributed by atoms with Gasteiger partial charge in [0, 0.05) is 5.56 Å². The molecule has 1 aromatic rings. The van der Waals surface area contributed by atoms with Crippen molar-refractivity contribution in [3.05, 3.63) is 34.9 Å².